The molecule has 0 radical (unpaired) electrons. The summed E-state index contributed by atoms with van der Waals surface area (Å²) in [7, 11) is 1.44. The molecule has 2 aromatic carbocycles. The molecule has 1 aliphatic heterocycles. The van der Waals surface area contributed by atoms with Crippen molar-refractivity contribution in [1.29, 1.82) is 0 Å². The first-order valence-corrected chi connectivity index (χ1v) is 11.2. The summed E-state index contributed by atoms with van der Waals surface area (Å²) >= 11 is 0. The zero-order chi connectivity index (χ0) is 23.5. The second-order valence-electron chi connectivity index (χ2n) is 8.29. The normalized spacial score (nSPS) is 15.7. The number of esters is 1. The first kappa shape index (κ1) is 21.8. The van der Waals surface area contributed by atoms with Crippen LogP contribution in [0.5, 0.6) is 17.2 Å². The molecule has 5 rings (SSSR count). The average molecular weight is 463 g/mol. The van der Waals surface area contributed by atoms with Crippen molar-refractivity contribution in [2.24, 2.45) is 0 Å². The second kappa shape index (κ2) is 9.09. The number of amides is 1. The third-order valence-electron chi connectivity index (χ3n) is 5.88. The molecule has 3 aromatic rings. The summed E-state index contributed by atoms with van der Waals surface area (Å²) in [4.78, 5) is 25.0. The molecule has 2 aliphatic rings. The highest BCUT2D eigenvalue weighted by Crippen LogP contribution is 2.46. The van der Waals surface area contributed by atoms with Crippen LogP contribution in [0.1, 0.15) is 42.6 Å². The fourth-order valence-corrected chi connectivity index (χ4v) is 4.22. The maximum absolute atomic E-state index is 12.6. The van der Waals surface area contributed by atoms with Crippen molar-refractivity contribution in [1.82, 2.24) is 9.78 Å². The molecule has 1 fully saturated rings. The smallest absolute Gasteiger partial charge is 0.363 e. The number of fused-ring (bicyclic) bond motifs is 1. The van der Waals surface area contributed by atoms with Crippen LogP contribution in [-0.4, -0.2) is 41.2 Å². The van der Waals surface area contributed by atoms with Crippen LogP contribution < -0.4 is 19.5 Å². The van der Waals surface area contributed by atoms with Gasteiger partial charge in [0.1, 0.15) is 0 Å². The number of carbonyl (C=O) groups excluding carboxylic acids is 2. The number of nitrogens with zero attached hydrogens (tertiary/aromatic N) is 2. The highest BCUT2D eigenvalue weighted by Gasteiger charge is 2.42. The Morgan fingerprint density at radius 2 is 1.82 bits per heavy atom. The van der Waals surface area contributed by atoms with Crippen molar-refractivity contribution in [3.05, 3.63) is 60.4 Å². The first-order valence-electron chi connectivity index (χ1n) is 11.2. The van der Waals surface area contributed by atoms with Crippen molar-refractivity contribution < 1.29 is 28.5 Å². The number of carbonyl (C=O) groups is 2. The maximum Gasteiger partial charge on any atom is 0.363 e. The minimum atomic E-state index is -0.758. The lowest BCUT2D eigenvalue weighted by Gasteiger charge is -2.31. The molecule has 1 saturated carbocycles. The number of aromatic nitrogens is 2. The van der Waals surface area contributed by atoms with Gasteiger partial charge in [-0.25, -0.2) is 9.48 Å². The summed E-state index contributed by atoms with van der Waals surface area (Å²) in [5, 5.41) is 6.97. The summed E-state index contributed by atoms with van der Waals surface area (Å²) in [5.74, 6) is -0.296. The van der Waals surface area contributed by atoms with Gasteiger partial charge >= 0.3 is 5.97 Å². The highest BCUT2D eigenvalue weighted by molar-refractivity contribution is 5.96. The van der Waals surface area contributed by atoms with E-state index >= 15 is 0 Å². The van der Waals surface area contributed by atoms with Gasteiger partial charge in [-0.1, -0.05) is 24.6 Å². The molecule has 34 heavy (non-hydrogen) atoms. The predicted octanol–water partition coefficient (Wildman–Crippen LogP) is 4.11. The van der Waals surface area contributed by atoms with E-state index in [0.29, 0.717) is 17.2 Å². The molecular weight excluding hydrogens is 438 g/mol. The third kappa shape index (κ3) is 4.41. The van der Waals surface area contributed by atoms with Crippen molar-refractivity contribution in [3.8, 4) is 22.9 Å². The van der Waals surface area contributed by atoms with E-state index < -0.39 is 24.3 Å². The van der Waals surface area contributed by atoms with Crippen molar-refractivity contribution in [2.45, 2.75) is 37.9 Å². The van der Waals surface area contributed by atoms with Crippen molar-refractivity contribution in [2.75, 3.05) is 19.0 Å². The molecule has 1 N–H and O–H groups in total. The molecule has 0 unspecified atom stereocenters. The van der Waals surface area contributed by atoms with Gasteiger partial charge in [-0.15, -0.1) is 0 Å². The van der Waals surface area contributed by atoms with Crippen LogP contribution in [0.25, 0.3) is 5.69 Å². The minimum absolute atomic E-state index is 0.0139. The van der Waals surface area contributed by atoms with Gasteiger partial charge < -0.3 is 24.3 Å². The van der Waals surface area contributed by atoms with Crippen molar-refractivity contribution in [3.63, 3.8) is 0 Å². The molecule has 1 aliphatic carbocycles. The molecule has 0 bridgehead atoms. The van der Waals surface area contributed by atoms with Gasteiger partial charge in [0.25, 0.3) is 11.7 Å². The number of benzene rings is 2. The van der Waals surface area contributed by atoms with Gasteiger partial charge in [0.2, 0.25) is 5.69 Å². The van der Waals surface area contributed by atoms with E-state index in [0.717, 1.165) is 31.4 Å². The number of ether oxygens (including phenoxy) is 4. The summed E-state index contributed by atoms with van der Waals surface area (Å²) in [6, 6.07) is 14.5. The Morgan fingerprint density at radius 3 is 2.59 bits per heavy atom. The lowest BCUT2D eigenvalue weighted by Crippen LogP contribution is -2.40. The van der Waals surface area contributed by atoms with E-state index in [1.807, 2.05) is 30.3 Å². The van der Waals surface area contributed by atoms with Crippen LogP contribution in [0.2, 0.25) is 0 Å². The van der Waals surface area contributed by atoms with E-state index in [1.54, 1.807) is 24.4 Å². The fourth-order valence-electron chi connectivity index (χ4n) is 4.22. The van der Waals surface area contributed by atoms with Crippen LogP contribution in [0, 0.1) is 0 Å². The zero-order valence-electron chi connectivity index (χ0n) is 18.8. The Balaban J connectivity index is 1.19. The van der Waals surface area contributed by atoms with Gasteiger partial charge in [0.05, 0.1) is 19.0 Å². The van der Waals surface area contributed by atoms with E-state index in [-0.39, 0.29) is 11.4 Å². The molecule has 1 spiro atoms. The Bertz CT molecular complexity index is 1200. The highest BCUT2D eigenvalue weighted by atomic mass is 16.7. The average Bonchev–Trinajstić information content (AvgIpc) is 3.44. The van der Waals surface area contributed by atoms with E-state index in [1.165, 1.54) is 18.2 Å². The van der Waals surface area contributed by atoms with E-state index in [4.69, 9.17) is 18.9 Å². The largest absolute Gasteiger partial charge is 0.493 e. The van der Waals surface area contributed by atoms with E-state index in [2.05, 4.69) is 10.4 Å². The first-order chi connectivity index (χ1) is 16.5. The Kier molecular flexibility index (Phi) is 5.83. The van der Waals surface area contributed by atoms with E-state index in [9.17, 15) is 9.59 Å². The molecule has 9 heteroatoms. The molecule has 0 atom stereocenters. The number of para-hydroxylation sites is 1. The van der Waals surface area contributed by atoms with Crippen LogP contribution in [0.4, 0.5) is 5.69 Å². The number of anilines is 1. The standard InChI is InChI=1S/C25H25N3O6/c1-31-21-15-28(18-8-4-2-5-9-18)27-23(21)24(30)32-16-22(29)26-17-10-11-19-20(14-17)34-25(33-19)12-6-3-7-13-25/h2,4-5,8-11,14-15H,3,6-7,12-13,16H2,1H3,(H,26,29). The number of methoxy groups -OCH3 is 1. The van der Waals surface area contributed by atoms with Gasteiger partial charge in [0.15, 0.2) is 23.9 Å². The zero-order valence-corrected chi connectivity index (χ0v) is 18.8. The topological polar surface area (TPSA) is 101 Å². The summed E-state index contributed by atoms with van der Waals surface area (Å²) < 4.78 is 24.1. The van der Waals surface area contributed by atoms with Gasteiger partial charge in [0, 0.05) is 24.6 Å². The molecule has 1 aromatic heterocycles. The summed E-state index contributed by atoms with van der Waals surface area (Å²) in [5.41, 5.74) is 1.28. The van der Waals surface area contributed by atoms with Gasteiger partial charge in [-0.05, 0) is 37.1 Å². The number of nitrogens with one attached hydrogen (secondary N) is 1. The van der Waals surface area contributed by atoms with Crippen LogP contribution in [-0.2, 0) is 9.53 Å². The molecular formula is C25H25N3O6. The molecule has 1 amide bonds. The Morgan fingerprint density at radius 1 is 1.06 bits per heavy atom. The fraction of sp³-hybridized carbons (Fsp3) is 0.320. The van der Waals surface area contributed by atoms with Crippen molar-refractivity contribution >= 4 is 17.6 Å². The molecule has 2 heterocycles. The maximum atomic E-state index is 12.6. The number of rotatable bonds is 6. The third-order valence-corrected chi connectivity index (χ3v) is 5.88. The molecule has 176 valence electrons. The lowest BCUT2D eigenvalue weighted by atomic mass is 9.94. The molecule has 9 nitrogen and oxygen atoms in total. The lowest BCUT2D eigenvalue weighted by molar-refractivity contribution is -0.119. The van der Waals surface area contributed by atoms with Crippen LogP contribution in [0.15, 0.2) is 54.7 Å². The quantitative estimate of drug-likeness (QED) is 0.549. The Labute approximate surface area is 196 Å². The monoisotopic (exact) mass is 463 g/mol. The SMILES string of the molecule is COc1cn(-c2ccccc2)nc1C(=O)OCC(=O)Nc1ccc2c(c1)OC1(CCCCC1)O2. The number of hydrogen-bond acceptors (Lipinski definition) is 7. The van der Waals surface area contributed by atoms with Crippen LogP contribution in [0.3, 0.4) is 0 Å². The Hall–Kier alpha value is -4.01. The minimum Gasteiger partial charge on any atom is -0.493 e. The predicted molar refractivity (Wildman–Crippen MR) is 123 cm³/mol. The van der Waals surface area contributed by atoms with Gasteiger partial charge in [-0.3, -0.25) is 4.79 Å². The van der Waals surface area contributed by atoms with Crippen LogP contribution >= 0.6 is 0 Å². The summed E-state index contributed by atoms with van der Waals surface area (Å²) in [6.45, 7) is -0.474. The molecule has 0 saturated heterocycles. The summed E-state index contributed by atoms with van der Waals surface area (Å²) in [6.07, 6.45) is 6.60. The van der Waals surface area contributed by atoms with Gasteiger partial charge in [-0.2, -0.15) is 5.10 Å². The second-order valence-corrected chi connectivity index (χ2v) is 8.29. The number of hydrogen-bond donors (Lipinski definition) is 1.